The predicted molar refractivity (Wildman–Crippen MR) is 72.3 cm³/mol. The number of primary amides is 1. The molecule has 108 valence electrons. The zero-order valence-electron chi connectivity index (χ0n) is 10.8. The van der Waals surface area contributed by atoms with Gasteiger partial charge < -0.3 is 10.5 Å². The molecule has 0 atom stereocenters. The largest absolute Gasteiger partial charge is 0.488 e. The fourth-order valence-corrected chi connectivity index (χ4v) is 1.75. The van der Waals surface area contributed by atoms with Gasteiger partial charge in [0.15, 0.2) is 0 Å². The van der Waals surface area contributed by atoms with E-state index in [-0.39, 0.29) is 17.9 Å². The Morgan fingerprint density at radius 3 is 2.62 bits per heavy atom. The number of amides is 1. The fourth-order valence-electron chi connectivity index (χ4n) is 1.75. The first-order valence-electron chi connectivity index (χ1n) is 5.93. The summed E-state index contributed by atoms with van der Waals surface area (Å²) in [5.41, 5.74) is 5.21. The van der Waals surface area contributed by atoms with Crippen LogP contribution in [0.25, 0.3) is 0 Å². The number of benzene rings is 2. The van der Waals surface area contributed by atoms with Crippen molar-refractivity contribution in [3.63, 3.8) is 0 Å². The Labute approximate surface area is 119 Å². The fraction of sp³-hybridized carbons (Fsp3) is 0.0714. The molecule has 2 aromatic rings. The lowest BCUT2D eigenvalue weighted by Crippen LogP contribution is -2.12. The molecule has 1 amide bonds. The quantitative estimate of drug-likeness (QED) is 0.675. The summed E-state index contributed by atoms with van der Waals surface area (Å²) in [4.78, 5) is 20.9. The second-order valence-corrected chi connectivity index (χ2v) is 4.19. The molecule has 0 aliphatic rings. The molecule has 0 heterocycles. The molecule has 0 saturated carbocycles. The Bertz CT molecular complexity index is 703. The second kappa shape index (κ2) is 6.00. The van der Waals surface area contributed by atoms with E-state index in [0.29, 0.717) is 5.56 Å². The number of nitro groups is 1. The highest BCUT2D eigenvalue weighted by atomic mass is 19.1. The lowest BCUT2D eigenvalue weighted by molar-refractivity contribution is -0.387. The van der Waals surface area contributed by atoms with Crippen LogP contribution in [0.3, 0.4) is 0 Å². The van der Waals surface area contributed by atoms with Crippen LogP contribution in [0.15, 0.2) is 42.5 Å². The van der Waals surface area contributed by atoms with Gasteiger partial charge in [-0.25, -0.2) is 0 Å². The van der Waals surface area contributed by atoms with Crippen molar-refractivity contribution in [3.05, 3.63) is 69.5 Å². The van der Waals surface area contributed by atoms with Crippen molar-refractivity contribution in [3.8, 4) is 5.75 Å². The van der Waals surface area contributed by atoms with Gasteiger partial charge in [-0.2, -0.15) is 4.39 Å². The molecule has 0 aromatic heterocycles. The average Bonchev–Trinajstić information content (AvgIpc) is 2.45. The molecule has 7 heteroatoms. The molecule has 2 rings (SSSR count). The van der Waals surface area contributed by atoms with Gasteiger partial charge in [-0.05, 0) is 29.8 Å². The van der Waals surface area contributed by atoms with Gasteiger partial charge in [0.2, 0.25) is 5.82 Å². The van der Waals surface area contributed by atoms with E-state index in [2.05, 4.69) is 0 Å². The van der Waals surface area contributed by atoms with E-state index in [4.69, 9.17) is 10.5 Å². The van der Waals surface area contributed by atoms with Gasteiger partial charge in [-0.15, -0.1) is 0 Å². The van der Waals surface area contributed by atoms with Gasteiger partial charge in [0.25, 0.3) is 5.91 Å². The average molecular weight is 290 g/mol. The van der Waals surface area contributed by atoms with Crippen molar-refractivity contribution in [1.82, 2.24) is 0 Å². The Kier molecular flexibility index (Phi) is 4.13. The van der Waals surface area contributed by atoms with E-state index < -0.39 is 22.3 Å². The van der Waals surface area contributed by atoms with Crippen molar-refractivity contribution in [2.24, 2.45) is 5.73 Å². The minimum absolute atomic E-state index is 0.0425. The summed E-state index contributed by atoms with van der Waals surface area (Å²) in [6.07, 6.45) is 0. The van der Waals surface area contributed by atoms with E-state index >= 15 is 0 Å². The van der Waals surface area contributed by atoms with Gasteiger partial charge in [-0.3, -0.25) is 14.9 Å². The van der Waals surface area contributed by atoms with Crippen LogP contribution in [-0.4, -0.2) is 10.8 Å². The molecule has 2 N–H and O–H groups in total. The van der Waals surface area contributed by atoms with Crippen LogP contribution in [0.4, 0.5) is 10.1 Å². The topological polar surface area (TPSA) is 95.5 Å². The molecule has 6 nitrogen and oxygen atoms in total. The van der Waals surface area contributed by atoms with Crippen LogP contribution < -0.4 is 10.5 Å². The lowest BCUT2D eigenvalue weighted by Gasteiger charge is -2.09. The van der Waals surface area contributed by atoms with E-state index in [0.717, 1.165) is 12.1 Å². The van der Waals surface area contributed by atoms with E-state index in [1.54, 1.807) is 18.2 Å². The number of rotatable bonds is 5. The smallest absolute Gasteiger partial charge is 0.304 e. The lowest BCUT2D eigenvalue weighted by atomic mass is 10.2. The number of nitrogens with two attached hydrogens (primary N) is 1. The Hall–Kier alpha value is -2.96. The van der Waals surface area contributed by atoms with Crippen LogP contribution in [0, 0.1) is 15.9 Å². The zero-order valence-corrected chi connectivity index (χ0v) is 10.8. The molecule has 0 radical (unpaired) electrons. The van der Waals surface area contributed by atoms with Crippen molar-refractivity contribution in [2.75, 3.05) is 0 Å². The molecule has 0 unspecified atom stereocenters. The van der Waals surface area contributed by atoms with Gasteiger partial charge in [-0.1, -0.05) is 12.1 Å². The highest BCUT2D eigenvalue weighted by Crippen LogP contribution is 2.21. The van der Waals surface area contributed by atoms with E-state index in [1.165, 1.54) is 12.1 Å². The Morgan fingerprint density at radius 2 is 2.00 bits per heavy atom. The monoisotopic (exact) mass is 290 g/mol. The molecule has 0 aliphatic carbocycles. The molecular formula is C14H11FN2O4. The number of hydrogen-bond acceptors (Lipinski definition) is 4. The molecule has 0 saturated heterocycles. The number of para-hydroxylation sites is 1. The summed E-state index contributed by atoms with van der Waals surface area (Å²) >= 11 is 0. The normalized spacial score (nSPS) is 10.1. The van der Waals surface area contributed by atoms with Crippen molar-refractivity contribution in [2.45, 2.75) is 6.61 Å². The number of carbonyl (C=O) groups is 1. The Balaban J connectivity index is 2.16. The number of nitro benzene ring substituents is 1. The Morgan fingerprint density at radius 1 is 1.29 bits per heavy atom. The maximum Gasteiger partial charge on any atom is 0.304 e. The molecule has 0 spiro atoms. The van der Waals surface area contributed by atoms with Gasteiger partial charge in [0.05, 0.1) is 10.5 Å². The van der Waals surface area contributed by atoms with Crippen molar-refractivity contribution in [1.29, 1.82) is 0 Å². The van der Waals surface area contributed by atoms with Crippen molar-refractivity contribution >= 4 is 11.6 Å². The first-order chi connectivity index (χ1) is 9.99. The maximum atomic E-state index is 13.5. The summed E-state index contributed by atoms with van der Waals surface area (Å²) in [5, 5.41) is 10.5. The maximum absolute atomic E-state index is 13.5. The summed E-state index contributed by atoms with van der Waals surface area (Å²) in [6, 6.07) is 9.83. The summed E-state index contributed by atoms with van der Waals surface area (Å²) < 4.78 is 18.9. The van der Waals surface area contributed by atoms with Gasteiger partial charge >= 0.3 is 5.69 Å². The summed E-state index contributed by atoms with van der Waals surface area (Å²) in [5.74, 6) is -1.31. The minimum Gasteiger partial charge on any atom is -0.488 e. The van der Waals surface area contributed by atoms with Crippen LogP contribution in [0.1, 0.15) is 15.9 Å². The number of halogens is 1. The first kappa shape index (κ1) is 14.4. The number of carbonyl (C=O) groups excluding carboxylic acids is 1. The van der Waals surface area contributed by atoms with Crippen LogP contribution in [-0.2, 0) is 6.61 Å². The molecule has 21 heavy (non-hydrogen) atoms. The third kappa shape index (κ3) is 3.33. The first-order valence-corrected chi connectivity index (χ1v) is 5.93. The van der Waals surface area contributed by atoms with Gasteiger partial charge in [0, 0.05) is 6.07 Å². The predicted octanol–water partition coefficient (Wildman–Crippen LogP) is 2.41. The standard InChI is InChI=1S/C14H11FN2O4/c15-11-7-9(5-6-12(11)17(19)20)8-21-13-4-2-1-3-10(13)14(16)18/h1-7H,8H2,(H2,16,18). The highest BCUT2D eigenvalue weighted by molar-refractivity contribution is 5.95. The van der Waals surface area contributed by atoms with E-state index in [1.807, 2.05) is 0 Å². The number of hydrogen-bond donors (Lipinski definition) is 1. The second-order valence-electron chi connectivity index (χ2n) is 4.19. The van der Waals surface area contributed by atoms with Crippen LogP contribution in [0.2, 0.25) is 0 Å². The zero-order chi connectivity index (χ0) is 15.4. The third-order valence-corrected chi connectivity index (χ3v) is 2.76. The van der Waals surface area contributed by atoms with Crippen LogP contribution in [0.5, 0.6) is 5.75 Å². The SMILES string of the molecule is NC(=O)c1ccccc1OCc1ccc([N+](=O)[O-])c(F)c1. The molecule has 2 aromatic carbocycles. The van der Waals surface area contributed by atoms with E-state index in [9.17, 15) is 19.3 Å². The number of ether oxygens (including phenoxy) is 1. The minimum atomic E-state index is -0.940. The molecule has 0 fully saturated rings. The third-order valence-electron chi connectivity index (χ3n) is 2.76. The summed E-state index contributed by atoms with van der Waals surface area (Å²) in [7, 11) is 0. The van der Waals surface area contributed by atoms with Crippen LogP contribution >= 0.6 is 0 Å². The van der Waals surface area contributed by atoms with Crippen molar-refractivity contribution < 1.29 is 18.8 Å². The summed E-state index contributed by atoms with van der Waals surface area (Å²) in [6.45, 7) is -0.0425. The molecular weight excluding hydrogens is 279 g/mol. The number of nitrogens with zero attached hydrogens (tertiary/aromatic N) is 1. The highest BCUT2D eigenvalue weighted by Gasteiger charge is 2.14. The van der Waals surface area contributed by atoms with Gasteiger partial charge in [0.1, 0.15) is 12.4 Å². The molecule has 0 aliphatic heterocycles. The molecule has 0 bridgehead atoms.